The minimum absolute atomic E-state index is 0.884. The van der Waals surface area contributed by atoms with Crippen molar-refractivity contribution in [1.29, 1.82) is 0 Å². The van der Waals surface area contributed by atoms with Crippen LogP contribution in [0.3, 0.4) is 0 Å². The number of thioether (sulfide) groups is 1. The maximum Gasteiger partial charge on any atom is 0.157 e. The second-order valence-electron chi connectivity index (χ2n) is 2.86. The van der Waals surface area contributed by atoms with E-state index < -0.39 is 0 Å². The van der Waals surface area contributed by atoms with Gasteiger partial charge in [-0.25, -0.2) is 4.98 Å². The molecular formula is C8H12N4S. The molecule has 0 spiro atoms. The molecule has 0 radical (unpaired) electrons. The van der Waals surface area contributed by atoms with Gasteiger partial charge in [0.1, 0.15) is 5.82 Å². The zero-order valence-corrected chi connectivity index (χ0v) is 8.34. The Bertz CT molecular complexity index is 318. The van der Waals surface area contributed by atoms with Gasteiger partial charge in [-0.1, -0.05) is 11.8 Å². The number of aliphatic imine (C=N–C) groups is 1. The first-order chi connectivity index (χ1) is 6.36. The van der Waals surface area contributed by atoms with Crippen molar-refractivity contribution in [1.82, 2.24) is 14.9 Å². The highest BCUT2D eigenvalue weighted by Crippen LogP contribution is 2.12. The van der Waals surface area contributed by atoms with Crippen molar-refractivity contribution in [3.8, 4) is 0 Å². The molecule has 0 saturated carbocycles. The Labute approximate surface area is 81.5 Å². The summed E-state index contributed by atoms with van der Waals surface area (Å²) >= 11 is 1.71. The third-order valence-electron chi connectivity index (χ3n) is 1.90. The minimum atomic E-state index is 0.884. The SMILES string of the molecule is Cn1ccnc1CSC1=NCCN1. The van der Waals surface area contributed by atoms with Crippen LogP contribution in [0.2, 0.25) is 0 Å². The molecule has 0 saturated heterocycles. The molecule has 1 aromatic rings. The number of imidazole rings is 1. The Kier molecular flexibility index (Phi) is 2.54. The van der Waals surface area contributed by atoms with Crippen molar-refractivity contribution in [3.05, 3.63) is 18.2 Å². The molecule has 0 aliphatic carbocycles. The van der Waals surface area contributed by atoms with Crippen molar-refractivity contribution in [2.45, 2.75) is 5.75 Å². The first-order valence-corrected chi connectivity index (χ1v) is 5.22. The van der Waals surface area contributed by atoms with Gasteiger partial charge in [-0.3, -0.25) is 4.99 Å². The van der Waals surface area contributed by atoms with E-state index in [-0.39, 0.29) is 0 Å². The van der Waals surface area contributed by atoms with E-state index in [0.717, 1.165) is 29.8 Å². The maximum atomic E-state index is 4.30. The number of hydrogen-bond acceptors (Lipinski definition) is 4. The van der Waals surface area contributed by atoms with E-state index >= 15 is 0 Å². The summed E-state index contributed by atoms with van der Waals surface area (Å²) in [6, 6.07) is 0. The number of amidine groups is 1. The van der Waals surface area contributed by atoms with Crippen molar-refractivity contribution in [2.24, 2.45) is 12.0 Å². The summed E-state index contributed by atoms with van der Waals surface area (Å²) in [6.45, 7) is 1.88. The van der Waals surface area contributed by atoms with E-state index in [1.54, 1.807) is 11.8 Å². The quantitative estimate of drug-likeness (QED) is 0.753. The molecule has 0 atom stereocenters. The lowest BCUT2D eigenvalue weighted by atomic mass is 10.7. The number of nitrogens with one attached hydrogen (secondary N) is 1. The van der Waals surface area contributed by atoms with E-state index in [9.17, 15) is 0 Å². The molecule has 1 aliphatic heterocycles. The van der Waals surface area contributed by atoms with Crippen LogP contribution >= 0.6 is 11.8 Å². The van der Waals surface area contributed by atoms with Crippen LogP contribution < -0.4 is 5.32 Å². The van der Waals surface area contributed by atoms with Gasteiger partial charge in [0.25, 0.3) is 0 Å². The smallest absolute Gasteiger partial charge is 0.157 e. The number of aromatic nitrogens is 2. The molecule has 0 aromatic carbocycles. The van der Waals surface area contributed by atoms with Crippen molar-refractivity contribution in [2.75, 3.05) is 13.1 Å². The van der Waals surface area contributed by atoms with E-state index in [2.05, 4.69) is 15.3 Å². The molecule has 1 N–H and O–H groups in total. The lowest BCUT2D eigenvalue weighted by Crippen LogP contribution is -2.15. The van der Waals surface area contributed by atoms with E-state index in [0.29, 0.717) is 0 Å². The van der Waals surface area contributed by atoms with Gasteiger partial charge in [0.15, 0.2) is 5.17 Å². The van der Waals surface area contributed by atoms with E-state index in [1.165, 1.54) is 0 Å². The zero-order chi connectivity index (χ0) is 9.10. The minimum Gasteiger partial charge on any atom is -0.363 e. The molecule has 4 nitrogen and oxygen atoms in total. The highest BCUT2D eigenvalue weighted by Gasteiger charge is 2.07. The summed E-state index contributed by atoms with van der Waals surface area (Å²) < 4.78 is 2.03. The van der Waals surface area contributed by atoms with Gasteiger partial charge < -0.3 is 9.88 Å². The van der Waals surface area contributed by atoms with Gasteiger partial charge in [-0.05, 0) is 0 Å². The van der Waals surface area contributed by atoms with E-state index in [1.807, 2.05) is 24.0 Å². The Hall–Kier alpha value is -0.970. The van der Waals surface area contributed by atoms with Crippen LogP contribution in [0.4, 0.5) is 0 Å². The Balaban J connectivity index is 1.89. The Morgan fingerprint density at radius 1 is 1.69 bits per heavy atom. The molecule has 70 valence electrons. The third kappa shape index (κ3) is 2.03. The zero-order valence-electron chi connectivity index (χ0n) is 7.53. The van der Waals surface area contributed by atoms with Crippen molar-refractivity contribution >= 4 is 16.9 Å². The second kappa shape index (κ2) is 3.83. The van der Waals surface area contributed by atoms with Gasteiger partial charge in [0.2, 0.25) is 0 Å². The van der Waals surface area contributed by atoms with Crippen LogP contribution in [0, 0.1) is 0 Å². The lowest BCUT2D eigenvalue weighted by Gasteiger charge is -2.01. The van der Waals surface area contributed by atoms with Crippen LogP contribution in [0.1, 0.15) is 5.82 Å². The molecule has 2 heterocycles. The molecule has 13 heavy (non-hydrogen) atoms. The normalized spacial score (nSPS) is 15.6. The molecule has 0 bridgehead atoms. The van der Waals surface area contributed by atoms with E-state index in [4.69, 9.17) is 0 Å². The van der Waals surface area contributed by atoms with Gasteiger partial charge in [-0.15, -0.1) is 0 Å². The van der Waals surface area contributed by atoms with Gasteiger partial charge in [0.05, 0.1) is 12.3 Å². The molecule has 0 unspecified atom stereocenters. The van der Waals surface area contributed by atoms with Crippen LogP contribution in [-0.2, 0) is 12.8 Å². The van der Waals surface area contributed by atoms with Gasteiger partial charge in [0, 0.05) is 26.0 Å². The fraction of sp³-hybridized carbons (Fsp3) is 0.500. The number of nitrogens with zero attached hydrogens (tertiary/aromatic N) is 3. The first kappa shape index (κ1) is 8.62. The summed E-state index contributed by atoms with van der Waals surface area (Å²) in [6.07, 6.45) is 3.78. The highest BCUT2D eigenvalue weighted by atomic mass is 32.2. The first-order valence-electron chi connectivity index (χ1n) is 4.23. The van der Waals surface area contributed by atoms with Crippen LogP contribution in [0.15, 0.2) is 17.4 Å². The fourth-order valence-corrected chi connectivity index (χ4v) is 2.07. The number of hydrogen-bond donors (Lipinski definition) is 1. The maximum absolute atomic E-state index is 4.30. The second-order valence-corrected chi connectivity index (χ2v) is 3.82. The summed E-state index contributed by atoms with van der Waals surface area (Å²) in [5.41, 5.74) is 0. The average molecular weight is 196 g/mol. The standard InChI is InChI=1S/C8H12N4S/c1-12-5-4-9-7(12)6-13-8-10-2-3-11-8/h4-5H,2-3,6H2,1H3,(H,10,11). The molecule has 1 aliphatic rings. The number of aryl methyl sites for hydroxylation is 1. The molecule has 5 heteroatoms. The van der Waals surface area contributed by atoms with Crippen molar-refractivity contribution in [3.63, 3.8) is 0 Å². The average Bonchev–Trinajstić information content (AvgIpc) is 2.72. The summed E-state index contributed by atoms with van der Waals surface area (Å²) in [7, 11) is 2.01. The summed E-state index contributed by atoms with van der Waals surface area (Å²) in [5, 5.41) is 4.26. The lowest BCUT2D eigenvalue weighted by molar-refractivity contribution is 0.850. The predicted molar refractivity (Wildman–Crippen MR) is 54.8 cm³/mol. The number of rotatable bonds is 2. The van der Waals surface area contributed by atoms with Crippen LogP contribution in [-0.4, -0.2) is 27.8 Å². The molecule has 2 rings (SSSR count). The van der Waals surface area contributed by atoms with Crippen LogP contribution in [0.5, 0.6) is 0 Å². The molecule has 0 fully saturated rings. The fourth-order valence-electron chi connectivity index (χ4n) is 1.14. The molecular weight excluding hydrogens is 184 g/mol. The Morgan fingerprint density at radius 2 is 2.62 bits per heavy atom. The highest BCUT2D eigenvalue weighted by molar-refractivity contribution is 8.13. The van der Waals surface area contributed by atoms with Crippen LogP contribution in [0.25, 0.3) is 0 Å². The van der Waals surface area contributed by atoms with Gasteiger partial charge in [-0.2, -0.15) is 0 Å². The summed E-state index contributed by atoms with van der Waals surface area (Å²) in [4.78, 5) is 8.53. The summed E-state index contributed by atoms with van der Waals surface area (Å²) in [5.74, 6) is 1.97. The largest absolute Gasteiger partial charge is 0.363 e. The Morgan fingerprint density at radius 3 is 3.23 bits per heavy atom. The molecule has 1 aromatic heterocycles. The topological polar surface area (TPSA) is 42.2 Å². The predicted octanol–water partition coefficient (Wildman–Crippen LogP) is 0.613. The molecule has 0 amide bonds. The van der Waals surface area contributed by atoms with Gasteiger partial charge >= 0.3 is 0 Å². The monoisotopic (exact) mass is 196 g/mol. The third-order valence-corrected chi connectivity index (χ3v) is 2.85. The van der Waals surface area contributed by atoms with Crippen molar-refractivity contribution < 1.29 is 0 Å².